The molecule has 0 saturated heterocycles. The van der Waals surface area contributed by atoms with E-state index < -0.39 is 0 Å². The van der Waals surface area contributed by atoms with Gasteiger partial charge in [-0.2, -0.15) is 0 Å². The van der Waals surface area contributed by atoms with Crippen LogP contribution >= 0.6 is 0 Å². The summed E-state index contributed by atoms with van der Waals surface area (Å²) in [7, 11) is 0. The van der Waals surface area contributed by atoms with Gasteiger partial charge in [-0.15, -0.1) is 0 Å². The first-order valence-electron chi connectivity index (χ1n) is 6.39. The molecule has 0 unspecified atom stereocenters. The molecule has 2 aromatic rings. The Hall–Kier alpha value is -2.49. The highest BCUT2D eigenvalue weighted by molar-refractivity contribution is 5.46. The van der Waals surface area contributed by atoms with Crippen LogP contribution in [0.25, 0.3) is 0 Å². The molecule has 0 aliphatic carbocycles. The number of carbonyl (C=O) groups is 1. The first-order chi connectivity index (χ1) is 9.86. The molecule has 0 amide bonds. The van der Waals surface area contributed by atoms with Crippen LogP contribution in [-0.4, -0.2) is 13.3 Å². The Morgan fingerprint density at radius 3 is 2.70 bits per heavy atom. The fourth-order valence-electron chi connectivity index (χ4n) is 2.25. The molecule has 0 aromatic heterocycles. The number of ether oxygens (including phenoxy) is 3. The van der Waals surface area contributed by atoms with Gasteiger partial charge in [-0.25, -0.2) is 0 Å². The van der Waals surface area contributed by atoms with Crippen LogP contribution in [0.4, 0.5) is 0 Å². The van der Waals surface area contributed by atoms with Crippen molar-refractivity contribution < 1.29 is 19.0 Å². The average molecular weight is 270 g/mol. The second kappa shape index (κ2) is 5.65. The van der Waals surface area contributed by atoms with E-state index in [1.807, 2.05) is 48.5 Å². The molecule has 102 valence electrons. The van der Waals surface area contributed by atoms with Crippen molar-refractivity contribution >= 4 is 6.47 Å². The summed E-state index contributed by atoms with van der Waals surface area (Å²) in [5.74, 6) is 1.41. The molecular formula is C16H14O4. The molecule has 4 nitrogen and oxygen atoms in total. The SMILES string of the molecule is O=CO[C@@H](Cc1ccccc1)c1ccc2c(c1)OCO2. The van der Waals surface area contributed by atoms with Crippen LogP contribution in [0, 0.1) is 0 Å². The molecule has 0 fully saturated rings. The Labute approximate surface area is 116 Å². The van der Waals surface area contributed by atoms with E-state index in [1.165, 1.54) is 0 Å². The summed E-state index contributed by atoms with van der Waals surface area (Å²) >= 11 is 0. The van der Waals surface area contributed by atoms with Gasteiger partial charge < -0.3 is 14.2 Å². The number of fused-ring (bicyclic) bond motifs is 1. The van der Waals surface area contributed by atoms with Gasteiger partial charge in [0.2, 0.25) is 6.79 Å². The van der Waals surface area contributed by atoms with Crippen molar-refractivity contribution in [3.8, 4) is 11.5 Å². The van der Waals surface area contributed by atoms with Gasteiger partial charge in [0.15, 0.2) is 11.5 Å². The van der Waals surface area contributed by atoms with Crippen LogP contribution in [0.15, 0.2) is 48.5 Å². The monoisotopic (exact) mass is 270 g/mol. The predicted octanol–water partition coefficient (Wildman–Crippen LogP) is 2.87. The molecule has 1 aliphatic heterocycles. The normalized spacial score (nSPS) is 13.8. The lowest BCUT2D eigenvalue weighted by Gasteiger charge is -2.16. The third-order valence-electron chi connectivity index (χ3n) is 3.25. The van der Waals surface area contributed by atoms with Crippen LogP contribution in [0.2, 0.25) is 0 Å². The van der Waals surface area contributed by atoms with Gasteiger partial charge in [-0.1, -0.05) is 36.4 Å². The van der Waals surface area contributed by atoms with Gasteiger partial charge >= 0.3 is 0 Å². The summed E-state index contributed by atoms with van der Waals surface area (Å²) in [6.45, 7) is 0.717. The van der Waals surface area contributed by atoms with Crippen LogP contribution in [0.5, 0.6) is 11.5 Å². The number of carbonyl (C=O) groups excluding carboxylic acids is 1. The van der Waals surface area contributed by atoms with Gasteiger partial charge in [-0.05, 0) is 23.3 Å². The molecule has 0 saturated carbocycles. The lowest BCUT2D eigenvalue weighted by molar-refractivity contribution is -0.133. The number of benzene rings is 2. The van der Waals surface area contributed by atoms with Crippen molar-refractivity contribution in [2.75, 3.05) is 6.79 Å². The maximum atomic E-state index is 10.7. The van der Waals surface area contributed by atoms with Crippen molar-refractivity contribution in [2.45, 2.75) is 12.5 Å². The highest BCUT2D eigenvalue weighted by Gasteiger charge is 2.19. The Bertz CT molecular complexity index is 595. The van der Waals surface area contributed by atoms with E-state index in [4.69, 9.17) is 14.2 Å². The summed E-state index contributed by atoms with van der Waals surface area (Å²) in [5.41, 5.74) is 2.00. The molecule has 1 atom stereocenters. The molecule has 4 heteroatoms. The largest absolute Gasteiger partial charge is 0.459 e. The lowest BCUT2D eigenvalue weighted by Crippen LogP contribution is -2.07. The van der Waals surface area contributed by atoms with E-state index in [0.717, 1.165) is 16.9 Å². The summed E-state index contributed by atoms with van der Waals surface area (Å²) in [4.78, 5) is 10.7. The van der Waals surface area contributed by atoms with Crippen LogP contribution in [0.3, 0.4) is 0 Å². The molecule has 0 radical (unpaired) electrons. The smallest absolute Gasteiger partial charge is 0.293 e. The summed E-state index contributed by atoms with van der Waals surface area (Å²) in [6, 6.07) is 15.5. The first kappa shape index (κ1) is 12.5. The van der Waals surface area contributed by atoms with Gasteiger partial charge in [0.1, 0.15) is 6.10 Å². The van der Waals surface area contributed by atoms with Crippen LogP contribution in [0.1, 0.15) is 17.2 Å². The van der Waals surface area contributed by atoms with E-state index in [9.17, 15) is 4.79 Å². The van der Waals surface area contributed by atoms with Gasteiger partial charge in [0, 0.05) is 6.42 Å². The number of hydrogen-bond acceptors (Lipinski definition) is 4. The highest BCUT2D eigenvalue weighted by atomic mass is 16.7. The molecule has 1 heterocycles. The molecule has 1 aliphatic rings. The minimum absolute atomic E-state index is 0.233. The Balaban J connectivity index is 1.84. The summed E-state index contributed by atoms with van der Waals surface area (Å²) in [6.07, 6.45) is 0.295. The lowest BCUT2D eigenvalue weighted by atomic mass is 10.0. The average Bonchev–Trinajstić information content (AvgIpc) is 2.95. The fraction of sp³-hybridized carbons (Fsp3) is 0.188. The highest BCUT2D eigenvalue weighted by Crippen LogP contribution is 2.35. The quantitative estimate of drug-likeness (QED) is 0.784. The van der Waals surface area contributed by atoms with Crippen molar-refractivity contribution in [3.63, 3.8) is 0 Å². The Morgan fingerprint density at radius 2 is 1.90 bits per heavy atom. The summed E-state index contributed by atoms with van der Waals surface area (Å²) < 4.78 is 15.8. The van der Waals surface area contributed by atoms with Gasteiger partial charge in [0.05, 0.1) is 0 Å². The van der Waals surface area contributed by atoms with E-state index in [0.29, 0.717) is 18.6 Å². The zero-order valence-electron chi connectivity index (χ0n) is 10.8. The van der Waals surface area contributed by atoms with Crippen molar-refractivity contribution in [1.82, 2.24) is 0 Å². The Kier molecular flexibility index (Phi) is 3.54. The molecular weight excluding hydrogens is 256 g/mol. The predicted molar refractivity (Wildman–Crippen MR) is 72.6 cm³/mol. The summed E-state index contributed by atoms with van der Waals surface area (Å²) in [5, 5.41) is 0. The third-order valence-corrected chi connectivity index (χ3v) is 3.25. The fourth-order valence-corrected chi connectivity index (χ4v) is 2.25. The van der Waals surface area contributed by atoms with Gasteiger partial charge in [0.25, 0.3) is 6.47 Å². The third kappa shape index (κ3) is 2.59. The van der Waals surface area contributed by atoms with E-state index >= 15 is 0 Å². The van der Waals surface area contributed by atoms with E-state index in [2.05, 4.69) is 0 Å². The second-order valence-corrected chi connectivity index (χ2v) is 4.52. The number of hydrogen-bond donors (Lipinski definition) is 0. The second-order valence-electron chi connectivity index (χ2n) is 4.52. The molecule has 20 heavy (non-hydrogen) atoms. The molecule has 0 spiro atoms. The number of rotatable bonds is 5. The topological polar surface area (TPSA) is 44.8 Å². The minimum Gasteiger partial charge on any atom is -0.459 e. The standard InChI is InChI=1S/C16H14O4/c17-10-18-15(8-12-4-2-1-3-5-12)13-6-7-14-16(9-13)20-11-19-14/h1-7,9-10,15H,8,11H2/t15-/m0/s1. The zero-order chi connectivity index (χ0) is 13.8. The van der Waals surface area contributed by atoms with E-state index in [-0.39, 0.29) is 12.9 Å². The zero-order valence-corrected chi connectivity index (χ0v) is 10.8. The molecule has 0 N–H and O–H groups in total. The minimum atomic E-state index is -0.329. The maximum Gasteiger partial charge on any atom is 0.293 e. The molecule has 2 aromatic carbocycles. The Morgan fingerprint density at radius 1 is 1.10 bits per heavy atom. The van der Waals surface area contributed by atoms with Gasteiger partial charge in [-0.3, -0.25) is 4.79 Å². The van der Waals surface area contributed by atoms with Crippen LogP contribution in [-0.2, 0) is 16.0 Å². The van der Waals surface area contributed by atoms with Crippen LogP contribution < -0.4 is 9.47 Å². The van der Waals surface area contributed by atoms with Crippen molar-refractivity contribution in [1.29, 1.82) is 0 Å². The molecule has 0 bridgehead atoms. The van der Waals surface area contributed by atoms with Crippen molar-refractivity contribution in [2.24, 2.45) is 0 Å². The first-order valence-corrected chi connectivity index (χ1v) is 6.39. The van der Waals surface area contributed by atoms with Crippen molar-refractivity contribution in [3.05, 3.63) is 59.7 Å². The van der Waals surface area contributed by atoms with E-state index in [1.54, 1.807) is 0 Å². The molecule has 3 rings (SSSR count). The maximum absolute atomic E-state index is 10.7.